The Labute approximate surface area is 117 Å². The number of hydrogen-bond donors (Lipinski definition) is 0. The van der Waals surface area contributed by atoms with Gasteiger partial charge in [0.1, 0.15) is 0 Å². The number of likely N-dealkylation sites (N-methyl/N-ethyl adjacent to an activating group) is 1. The summed E-state index contributed by atoms with van der Waals surface area (Å²) in [7, 11) is 3.49. The van der Waals surface area contributed by atoms with Crippen LogP contribution in [0.3, 0.4) is 0 Å². The zero-order valence-electron chi connectivity index (χ0n) is 11.6. The van der Waals surface area contributed by atoms with Crippen LogP contribution in [0.5, 0.6) is 0 Å². The summed E-state index contributed by atoms with van der Waals surface area (Å²) in [5.74, 6) is -2.72. The minimum absolute atomic E-state index is 0.0583. The SMILES string of the molecule is CCC(CC)(C(=O)c1c(Cl)ccc(F)c1F)N(C)C. The van der Waals surface area contributed by atoms with Gasteiger partial charge in [0, 0.05) is 0 Å². The van der Waals surface area contributed by atoms with Gasteiger partial charge in [-0.05, 0) is 39.1 Å². The van der Waals surface area contributed by atoms with Crippen LogP contribution in [0.2, 0.25) is 5.02 Å². The van der Waals surface area contributed by atoms with Crippen molar-refractivity contribution in [1.82, 2.24) is 4.90 Å². The number of carbonyl (C=O) groups is 1. The molecule has 0 bridgehead atoms. The third-order valence-corrected chi connectivity index (χ3v) is 4.03. The molecule has 5 heteroatoms. The van der Waals surface area contributed by atoms with Gasteiger partial charge in [-0.1, -0.05) is 25.4 Å². The second-order valence-electron chi connectivity index (χ2n) is 4.68. The molecule has 19 heavy (non-hydrogen) atoms. The van der Waals surface area contributed by atoms with E-state index in [1.54, 1.807) is 19.0 Å². The zero-order chi connectivity index (χ0) is 14.8. The van der Waals surface area contributed by atoms with Crippen LogP contribution in [0.1, 0.15) is 37.0 Å². The molecule has 0 spiro atoms. The van der Waals surface area contributed by atoms with E-state index in [4.69, 9.17) is 11.6 Å². The van der Waals surface area contributed by atoms with Crippen molar-refractivity contribution in [2.45, 2.75) is 32.2 Å². The van der Waals surface area contributed by atoms with Gasteiger partial charge in [-0.3, -0.25) is 9.69 Å². The van der Waals surface area contributed by atoms with E-state index in [-0.39, 0.29) is 10.6 Å². The van der Waals surface area contributed by atoms with Crippen LogP contribution in [0.25, 0.3) is 0 Å². The van der Waals surface area contributed by atoms with Crippen LogP contribution in [0, 0.1) is 11.6 Å². The molecule has 0 aliphatic rings. The highest BCUT2D eigenvalue weighted by Gasteiger charge is 2.40. The third-order valence-electron chi connectivity index (χ3n) is 3.72. The molecular weight excluding hydrogens is 272 g/mol. The van der Waals surface area contributed by atoms with Crippen molar-refractivity contribution >= 4 is 17.4 Å². The van der Waals surface area contributed by atoms with E-state index in [0.717, 1.165) is 6.07 Å². The van der Waals surface area contributed by atoms with E-state index in [0.29, 0.717) is 12.8 Å². The summed E-state index contributed by atoms with van der Waals surface area (Å²) in [6, 6.07) is 2.13. The molecule has 0 fully saturated rings. The van der Waals surface area contributed by atoms with Gasteiger partial charge in [0.25, 0.3) is 0 Å². The molecule has 0 heterocycles. The molecule has 0 N–H and O–H groups in total. The van der Waals surface area contributed by atoms with Crippen LogP contribution in [-0.2, 0) is 0 Å². The molecule has 1 rings (SSSR count). The van der Waals surface area contributed by atoms with E-state index in [9.17, 15) is 13.6 Å². The minimum atomic E-state index is -1.18. The topological polar surface area (TPSA) is 20.3 Å². The molecule has 0 aliphatic carbocycles. The molecule has 0 amide bonds. The first-order valence-corrected chi connectivity index (χ1v) is 6.55. The number of nitrogens with zero attached hydrogens (tertiary/aromatic N) is 1. The van der Waals surface area contributed by atoms with Crippen molar-refractivity contribution in [1.29, 1.82) is 0 Å². The smallest absolute Gasteiger partial charge is 0.187 e. The standard InChI is InChI=1S/C14H18ClF2NO/c1-5-14(6-2,18(3)4)13(19)11-9(15)7-8-10(16)12(11)17/h7-8H,5-6H2,1-4H3. The van der Waals surface area contributed by atoms with Crippen molar-refractivity contribution in [3.63, 3.8) is 0 Å². The van der Waals surface area contributed by atoms with Gasteiger partial charge in [-0.25, -0.2) is 8.78 Å². The molecule has 0 atom stereocenters. The normalized spacial score (nSPS) is 12.0. The summed E-state index contributed by atoms with van der Waals surface area (Å²) in [4.78, 5) is 14.4. The number of halogens is 3. The maximum atomic E-state index is 13.9. The lowest BCUT2D eigenvalue weighted by atomic mass is 9.83. The fourth-order valence-corrected chi connectivity index (χ4v) is 2.61. The molecule has 1 aromatic rings. The fraction of sp³-hybridized carbons (Fsp3) is 0.500. The molecule has 1 aromatic carbocycles. The van der Waals surface area contributed by atoms with Gasteiger partial charge in [0.15, 0.2) is 17.4 Å². The summed E-state index contributed by atoms with van der Waals surface area (Å²) >= 11 is 5.88. The Bertz CT molecular complexity index is 485. The Balaban J connectivity index is 3.45. The van der Waals surface area contributed by atoms with Crippen LogP contribution in [-0.4, -0.2) is 30.3 Å². The van der Waals surface area contributed by atoms with Crippen LogP contribution in [0.4, 0.5) is 8.78 Å². The van der Waals surface area contributed by atoms with Gasteiger partial charge in [0.2, 0.25) is 0 Å². The molecule has 106 valence electrons. The predicted molar refractivity (Wildman–Crippen MR) is 72.7 cm³/mol. The zero-order valence-corrected chi connectivity index (χ0v) is 12.3. The summed E-state index contributed by atoms with van der Waals surface area (Å²) in [5.41, 5.74) is -1.24. The van der Waals surface area contributed by atoms with Crippen molar-refractivity contribution < 1.29 is 13.6 Å². The van der Waals surface area contributed by atoms with Crippen LogP contribution < -0.4 is 0 Å². The quantitative estimate of drug-likeness (QED) is 0.605. The number of Topliss-reactive ketones (excluding diaryl/α,β-unsaturated/α-hetero) is 1. The van der Waals surface area contributed by atoms with E-state index < -0.39 is 23.0 Å². The number of ketones is 1. The Morgan fingerprint density at radius 3 is 2.21 bits per heavy atom. The molecule has 0 aliphatic heterocycles. The lowest BCUT2D eigenvalue weighted by Gasteiger charge is -2.37. The maximum Gasteiger partial charge on any atom is 0.187 e. The molecule has 0 unspecified atom stereocenters. The first-order valence-electron chi connectivity index (χ1n) is 6.17. The monoisotopic (exact) mass is 289 g/mol. The maximum absolute atomic E-state index is 13.9. The molecule has 0 aromatic heterocycles. The molecule has 0 radical (unpaired) electrons. The average Bonchev–Trinajstić information content (AvgIpc) is 2.36. The van der Waals surface area contributed by atoms with Crippen LogP contribution >= 0.6 is 11.6 Å². The lowest BCUT2D eigenvalue weighted by molar-refractivity contribution is 0.0651. The van der Waals surface area contributed by atoms with Crippen molar-refractivity contribution in [3.05, 3.63) is 34.4 Å². The first-order chi connectivity index (χ1) is 8.81. The second kappa shape index (κ2) is 5.97. The molecular formula is C14H18ClF2NO. The molecule has 0 saturated carbocycles. The summed E-state index contributed by atoms with van der Waals surface area (Å²) in [6.07, 6.45) is 0.975. The number of rotatable bonds is 5. The van der Waals surface area contributed by atoms with Gasteiger partial charge in [-0.2, -0.15) is 0 Å². The summed E-state index contributed by atoms with van der Waals surface area (Å²) in [6.45, 7) is 3.68. The van der Waals surface area contributed by atoms with E-state index in [1.807, 2.05) is 13.8 Å². The summed E-state index contributed by atoms with van der Waals surface area (Å²) < 4.78 is 27.2. The summed E-state index contributed by atoms with van der Waals surface area (Å²) in [5, 5.41) is -0.0583. The first kappa shape index (κ1) is 16.1. The highest BCUT2D eigenvalue weighted by Crippen LogP contribution is 2.31. The average molecular weight is 290 g/mol. The third kappa shape index (κ3) is 2.65. The van der Waals surface area contributed by atoms with E-state index in [2.05, 4.69) is 0 Å². The van der Waals surface area contributed by atoms with Crippen molar-refractivity contribution in [3.8, 4) is 0 Å². The fourth-order valence-electron chi connectivity index (χ4n) is 2.37. The Hall–Kier alpha value is -1.00. The van der Waals surface area contributed by atoms with E-state index >= 15 is 0 Å². The lowest BCUT2D eigenvalue weighted by Crippen LogP contribution is -2.50. The molecule has 0 saturated heterocycles. The van der Waals surface area contributed by atoms with Gasteiger partial charge in [0.05, 0.1) is 16.1 Å². The van der Waals surface area contributed by atoms with Gasteiger partial charge < -0.3 is 0 Å². The van der Waals surface area contributed by atoms with Crippen molar-refractivity contribution in [2.75, 3.05) is 14.1 Å². The Morgan fingerprint density at radius 2 is 1.79 bits per heavy atom. The van der Waals surface area contributed by atoms with Gasteiger partial charge in [-0.15, -0.1) is 0 Å². The molecule has 2 nitrogen and oxygen atoms in total. The number of carbonyl (C=O) groups excluding carboxylic acids is 1. The highest BCUT2D eigenvalue weighted by atomic mass is 35.5. The second-order valence-corrected chi connectivity index (χ2v) is 5.09. The highest BCUT2D eigenvalue weighted by molar-refractivity contribution is 6.34. The van der Waals surface area contributed by atoms with Crippen molar-refractivity contribution in [2.24, 2.45) is 0 Å². The number of hydrogen-bond acceptors (Lipinski definition) is 2. The predicted octanol–water partition coefficient (Wildman–Crippen LogP) is 3.92. The Kier molecular flexibility index (Phi) is 5.04. The van der Waals surface area contributed by atoms with Crippen LogP contribution in [0.15, 0.2) is 12.1 Å². The number of benzene rings is 1. The van der Waals surface area contributed by atoms with E-state index in [1.165, 1.54) is 6.07 Å². The largest absolute Gasteiger partial charge is 0.297 e. The Morgan fingerprint density at radius 1 is 1.26 bits per heavy atom. The minimum Gasteiger partial charge on any atom is -0.297 e. The van der Waals surface area contributed by atoms with Gasteiger partial charge >= 0.3 is 0 Å².